The van der Waals surface area contributed by atoms with Gasteiger partial charge in [0.05, 0.1) is 17.1 Å². The number of hydrogen-bond donors (Lipinski definition) is 0. The first-order valence-corrected chi connectivity index (χ1v) is 7.85. The predicted molar refractivity (Wildman–Crippen MR) is 75.7 cm³/mol. The van der Waals surface area contributed by atoms with E-state index in [1.165, 1.54) is 11.4 Å². The number of aryl methyl sites for hydroxylation is 2. The van der Waals surface area contributed by atoms with E-state index in [0.717, 1.165) is 12.0 Å². The Hall–Kier alpha value is -1.66. The Morgan fingerprint density at radius 2 is 1.90 bits per heavy atom. The normalized spacial score (nSPS) is 12.0. The lowest BCUT2D eigenvalue weighted by molar-refractivity contribution is 0.378. The number of nitrogens with zero attached hydrogens (tertiary/aromatic N) is 2. The summed E-state index contributed by atoms with van der Waals surface area (Å²) in [5, 5.41) is 3.81. The Labute approximate surface area is 119 Å². The molecule has 0 aliphatic rings. The molecule has 0 saturated heterocycles. The zero-order chi connectivity index (χ0) is 14.8. The van der Waals surface area contributed by atoms with Crippen molar-refractivity contribution >= 4 is 10.0 Å². The van der Waals surface area contributed by atoms with Crippen LogP contribution in [0.1, 0.15) is 23.9 Å². The fourth-order valence-corrected chi connectivity index (χ4v) is 3.02. The molecule has 0 radical (unpaired) electrons. The molecule has 1 aromatic carbocycles. The van der Waals surface area contributed by atoms with Gasteiger partial charge in [0.2, 0.25) is 10.0 Å². The first kappa shape index (κ1) is 14.7. The zero-order valence-electron chi connectivity index (χ0n) is 11.8. The van der Waals surface area contributed by atoms with Crippen molar-refractivity contribution in [3.05, 3.63) is 47.3 Å². The summed E-state index contributed by atoms with van der Waals surface area (Å²) < 4.78 is 31.0. The topological polar surface area (TPSA) is 63.4 Å². The van der Waals surface area contributed by atoms with E-state index in [1.807, 2.05) is 19.1 Å². The molecular weight excluding hydrogens is 276 g/mol. The molecule has 0 spiro atoms. The number of rotatable bonds is 5. The van der Waals surface area contributed by atoms with Gasteiger partial charge in [-0.15, -0.1) is 0 Å². The molecule has 5 nitrogen and oxygen atoms in total. The number of sulfonamides is 1. The molecule has 6 heteroatoms. The van der Waals surface area contributed by atoms with Crippen LogP contribution in [-0.4, -0.2) is 24.9 Å². The van der Waals surface area contributed by atoms with E-state index in [2.05, 4.69) is 5.16 Å². The van der Waals surface area contributed by atoms with Crippen LogP contribution in [0.15, 0.2) is 39.8 Å². The summed E-state index contributed by atoms with van der Waals surface area (Å²) in [5.74, 6) is 0.665. The van der Waals surface area contributed by atoms with Crippen LogP contribution < -0.4 is 0 Å². The van der Waals surface area contributed by atoms with Gasteiger partial charge in [-0.05, 0) is 31.0 Å². The van der Waals surface area contributed by atoms with Crippen LogP contribution in [0.4, 0.5) is 0 Å². The van der Waals surface area contributed by atoms with Gasteiger partial charge >= 0.3 is 0 Å². The second-order valence-corrected chi connectivity index (χ2v) is 6.73. The minimum absolute atomic E-state index is 0.190. The van der Waals surface area contributed by atoms with E-state index in [0.29, 0.717) is 11.5 Å². The van der Waals surface area contributed by atoms with E-state index in [-0.39, 0.29) is 11.4 Å². The van der Waals surface area contributed by atoms with Gasteiger partial charge in [-0.25, -0.2) is 8.42 Å². The van der Waals surface area contributed by atoms with Crippen LogP contribution >= 0.6 is 0 Å². The molecule has 0 fully saturated rings. The molecule has 108 valence electrons. The maximum absolute atomic E-state index is 12.4. The third kappa shape index (κ3) is 3.08. The Morgan fingerprint density at radius 3 is 2.40 bits per heavy atom. The third-order valence-corrected chi connectivity index (χ3v) is 4.92. The van der Waals surface area contributed by atoms with E-state index in [1.54, 1.807) is 25.1 Å². The van der Waals surface area contributed by atoms with Crippen molar-refractivity contribution < 1.29 is 12.9 Å². The molecule has 0 N–H and O–H groups in total. The lowest BCUT2D eigenvalue weighted by Crippen LogP contribution is -2.26. The third-order valence-electron chi connectivity index (χ3n) is 3.10. The van der Waals surface area contributed by atoms with E-state index < -0.39 is 10.0 Å². The lowest BCUT2D eigenvalue weighted by atomic mass is 10.2. The van der Waals surface area contributed by atoms with Crippen molar-refractivity contribution in [1.82, 2.24) is 9.46 Å². The number of hydrogen-bond acceptors (Lipinski definition) is 4. The second-order valence-electron chi connectivity index (χ2n) is 4.69. The van der Waals surface area contributed by atoms with E-state index in [4.69, 9.17) is 4.52 Å². The number of aromatic nitrogens is 1. The Bertz CT molecular complexity index is 675. The zero-order valence-corrected chi connectivity index (χ0v) is 12.6. The van der Waals surface area contributed by atoms with Crippen LogP contribution in [0.5, 0.6) is 0 Å². The fraction of sp³-hybridized carbons (Fsp3) is 0.357. The molecule has 0 amide bonds. The fourth-order valence-electron chi connectivity index (χ4n) is 1.88. The van der Waals surface area contributed by atoms with E-state index in [9.17, 15) is 8.42 Å². The first-order valence-electron chi connectivity index (χ1n) is 6.41. The van der Waals surface area contributed by atoms with Crippen LogP contribution in [0.25, 0.3) is 0 Å². The van der Waals surface area contributed by atoms with Crippen molar-refractivity contribution in [1.29, 1.82) is 0 Å². The van der Waals surface area contributed by atoms with Gasteiger partial charge in [-0.1, -0.05) is 24.2 Å². The average Bonchev–Trinajstić information content (AvgIpc) is 2.84. The molecule has 2 rings (SSSR count). The smallest absolute Gasteiger partial charge is 0.243 e. The standard InChI is InChI=1S/C14H18N2O3S/c1-4-12-5-7-14(8-6-12)20(17,18)16(3)10-13-9-11(2)19-15-13/h5-9H,4,10H2,1-3H3. The van der Waals surface area contributed by atoms with Gasteiger partial charge in [0.25, 0.3) is 0 Å². The van der Waals surface area contributed by atoms with Crippen molar-refractivity contribution in [2.75, 3.05) is 7.05 Å². The Morgan fingerprint density at radius 1 is 1.25 bits per heavy atom. The summed E-state index contributed by atoms with van der Waals surface area (Å²) in [6.07, 6.45) is 0.883. The molecule has 20 heavy (non-hydrogen) atoms. The molecule has 1 aromatic heterocycles. The van der Waals surface area contributed by atoms with Crippen LogP contribution in [0, 0.1) is 6.92 Å². The largest absolute Gasteiger partial charge is 0.361 e. The highest BCUT2D eigenvalue weighted by Crippen LogP contribution is 2.17. The summed E-state index contributed by atoms with van der Waals surface area (Å²) in [6, 6.07) is 8.67. The van der Waals surface area contributed by atoms with Gasteiger partial charge < -0.3 is 4.52 Å². The number of benzene rings is 1. The minimum Gasteiger partial charge on any atom is -0.361 e. The highest BCUT2D eigenvalue weighted by atomic mass is 32.2. The van der Waals surface area contributed by atoms with Crippen LogP contribution in [0.2, 0.25) is 0 Å². The molecule has 0 unspecified atom stereocenters. The highest BCUT2D eigenvalue weighted by molar-refractivity contribution is 7.89. The monoisotopic (exact) mass is 294 g/mol. The van der Waals surface area contributed by atoms with E-state index >= 15 is 0 Å². The maximum Gasteiger partial charge on any atom is 0.243 e. The van der Waals surface area contributed by atoms with Crippen LogP contribution in [-0.2, 0) is 23.0 Å². The molecule has 0 bridgehead atoms. The van der Waals surface area contributed by atoms with Crippen LogP contribution in [0.3, 0.4) is 0 Å². The minimum atomic E-state index is -3.50. The predicted octanol–water partition coefficient (Wildman–Crippen LogP) is 2.37. The molecule has 0 aliphatic carbocycles. The highest BCUT2D eigenvalue weighted by Gasteiger charge is 2.21. The van der Waals surface area contributed by atoms with Gasteiger partial charge in [-0.3, -0.25) is 0 Å². The van der Waals surface area contributed by atoms with Gasteiger partial charge in [-0.2, -0.15) is 4.31 Å². The first-order chi connectivity index (χ1) is 9.43. The molecule has 1 heterocycles. The molecule has 0 atom stereocenters. The molecule has 0 aliphatic heterocycles. The molecular formula is C14H18N2O3S. The second kappa shape index (κ2) is 5.76. The Balaban J connectivity index is 2.19. The quantitative estimate of drug-likeness (QED) is 0.849. The summed E-state index contributed by atoms with van der Waals surface area (Å²) in [5.41, 5.74) is 1.71. The van der Waals surface area contributed by atoms with Gasteiger partial charge in [0, 0.05) is 13.1 Å². The maximum atomic E-state index is 12.4. The van der Waals surface area contributed by atoms with Gasteiger partial charge in [0.15, 0.2) is 0 Å². The van der Waals surface area contributed by atoms with Crippen molar-refractivity contribution in [3.8, 4) is 0 Å². The molecule has 0 saturated carbocycles. The summed E-state index contributed by atoms with van der Waals surface area (Å²) in [7, 11) is -1.97. The Kier molecular flexibility index (Phi) is 4.25. The summed E-state index contributed by atoms with van der Waals surface area (Å²) in [6.45, 7) is 3.99. The van der Waals surface area contributed by atoms with Gasteiger partial charge in [0.1, 0.15) is 5.76 Å². The van der Waals surface area contributed by atoms with Crippen molar-refractivity contribution in [2.45, 2.75) is 31.7 Å². The lowest BCUT2D eigenvalue weighted by Gasteiger charge is -2.15. The summed E-state index contributed by atoms with van der Waals surface area (Å²) in [4.78, 5) is 0.289. The average molecular weight is 294 g/mol. The molecule has 2 aromatic rings. The van der Waals surface area contributed by atoms with Crippen molar-refractivity contribution in [3.63, 3.8) is 0 Å². The van der Waals surface area contributed by atoms with Crippen molar-refractivity contribution in [2.24, 2.45) is 0 Å². The SMILES string of the molecule is CCc1ccc(S(=O)(=O)N(C)Cc2cc(C)on2)cc1. The summed E-state index contributed by atoms with van der Waals surface area (Å²) >= 11 is 0.